The van der Waals surface area contributed by atoms with E-state index < -0.39 is 35.5 Å². The van der Waals surface area contributed by atoms with Crippen molar-refractivity contribution in [1.82, 2.24) is 9.78 Å². The number of hydrogen-bond donors (Lipinski definition) is 2. The molecule has 1 aliphatic rings. The summed E-state index contributed by atoms with van der Waals surface area (Å²) in [6, 6.07) is 7.43. The molecule has 0 radical (unpaired) electrons. The standard InChI is InChI=1S/C21H17F4N5O3/c1-33-16-7-4-12(22)8-14(16)19(31)28-15-9-27-30-17(26)10-29(20(32)18(15)30)13-5-2-11(3-6-13)21(23,24)25/h2-9,17H,10,26H2,1H3,(H,28,31). The number of nitrogens with zero attached hydrogens (tertiary/aromatic N) is 3. The van der Waals surface area contributed by atoms with Crippen LogP contribution in [0.3, 0.4) is 0 Å². The van der Waals surface area contributed by atoms with Gasteiger partial charge in [0.25, 0.3) is 11.8 Å². The van der Waals surface area contributed by atoms with Crippen molar-refractivity contribution in [3.63, 3.8) is 0 Å². The van der Waals surface area contributed by atoms with E-state index in [0.717, 1.165) is 36.4 Å². The number of fused-ring (bicyclic) bond motifs is 1. The first-order valence-electron chi connectivity index (χ1n) is 9.57. The number of ether oxygens (including phenoxy) is 1. The summed E-state index contributed by atoms with van der Waals surface area (Å²) in [5.74, 6) is -1.93. The lowest BCUT2D eigenvalue weighted by atomic mass is 10.1. The number of halogens is 4. The fourth-order valence-electron chi connectivity index (χ4n) is 3.49. The summed E-state index contributed by atoms with van der Waals surface area (Å²) in [6.07, 6.45) is -4.13. The maximum Gasteiger partial charge on any atom is 0.416 e. The van der Waals surface area contributed by atoms with Crippen molar-refractivity contribution >= 4 is 23.2 Å². The van der Waals surface area contributed by atoms with Crippen LogP contribution < -0.4 is 20.7 Å². The number of hydrogen-bond acceptors (Lipinski definition) is 5. The van der Waals surface area contributed by atoms with E-state index in [1.807, 2.05) is 0 Å². The third-order valence-electron chi connectivity index (χ3n) is 5.09. The minimum absolute atomic E-state index is 0.00313. The van der Waals surface area contributed by atoms with Gasteiger partial charge in [-0.25, -0.2) is 9.07 Å². The highest BCUT2D eigenvalue weighted by Crippen LogP contribution is 2.33. The molecule has 1 aromatic heterocycles. The molecule has 8 nitrogen and oxygen atoms in total. The third-order valence-corrected chi connectivity index (χ3v) is 5.09. The Morgan fingerprint density at radius 2 is 1.91 bits per heavy atom. The molecular formula is C21H17F4N5O3. The Hall–Kier alpha value is -3.93. The summed E-state index contributed by atoms with van der Waals surface area (Å²) in [7, 11) is 1.32. The lowest BCUT2D eigenvalue weighted by Crippen LogP contribution is -2.46. The van der Waals surface area contributed by atoms with Crippen LogP contribution in [0.2, 0.25) is 0 Å². The SMILES string of the molecule is COc1ccc(F)cc1C(=O)Nc1cnn2c1C(=O)N(c1ccc(C(F)(F)F)cc1)CC2N. The summed E-state index contributed by atoms with van der Waals surface area (Å²) in [5.41, 5.74) is 5.26. The summed E-state index contributed by atoms with van der Waals surface area (Å²) in [5, 5.41) is 6.54. The molecule has 0 fully saturated rings. The van der Waals surface area contributed by atoms with E-state index >= 15 is 0 Å². The molecule has 12 heteroatoms. The highest BCUT2D eigenvalue weighted by Gasteiger charge is 2.35. The Morgan fingerprint density at radius 3 is 2.55 bits per heavy atom. The molecule has 2 heterocycles. The van der Waals surface area contributed by atoms with Gasteiger partial charge in [-0.1, -0.05) is 0 Å². The molecule has 2 amide bonds. The summed E-state index contributed by atoms with van der Waals surface area (Å²) >= 11 is 0. The summed E-state index contributed by atoms with van der Waals surface area (Å²) < 4.78 is 58.5. The molecule has 3 N–H and O–H groups in total. The second-order valence-corrected chi connectivity index (χ2v) is 7.18. The van der Waals surface area contributed by atoms with E-state index in [1.165, 1.54) is 29.0 Å². The van der Waals surface area contributed by atoms with Crippen LogP contribution in [-0.4, -0.2) is 35.2 Å². The van der Waals surface area contributed by atoms with Gasteiger partial charge in [0.1, 0.15) is 17.7 Å². The van der Waals surface area contributed by atoms with Crippen molar-refractivity contribution in [3.8, 4) is 5.75 Å². The summed E-state index contributed by atoms with van der Waals surface area (Å²) in [6.45, 7) is -0.0516. The average Bonchev–Trinajstić information content (AvgIpc) is 3.20. The second kappa shape index (κ2) is 8.20. The van der Waals surface area contributed by atoms with Gasteiger partial charge >= 0.3 is 6.18 Å². The predicted octanol–water partition coefficient (Wildman–Crippen LogP) is 3.42. The van der Waals surface area contributed by atoms with E-state index in [4.69, 9.17) is 10.5 Å². The Kier molecular flexibility index (Phi) is 5.54. The van der Waals surface area contributed by atoms with Crippen molar-refractivity contribution in [2.24, 2.45) is 5.73 Å². The van der Waals surface area contributed by atoms with Crippen molar-refractivity contribution in [3.05, 3.63) is 71.3 Å². The Labute approximate surface area is 184 Å². The fourth-order valence-corrected chi connectivity index (χ4v) is 3.49. The van der Waals surface area contributed by atoms with Crippen LogP contribution in [0.4, 0.5) is 28.9 Å². The molecule has 4 rings (SSSR count). The van der Waals surface area contributed by atoms with Crippen molar-refractivity contribution in [2.75, 3.05) is 23.9 Å². The molecule has 2 aromatic carbocycles. The van der Waals surface area contributed by atoms with Crippen LogP contribution in [0.1, 0.15) is 32.6 Å². The predicted molar refractivity (Wildman–Crippen MR) is 109 cm³/mol. The number of carbonyl (C=O) groups excluding carboxylic acids is 2. The van der Waals surface area contributed by atoms with Gasteiger partial charge in [-0.3, -0.25) is 9.59 Å². The van der Waals surface area contributed by atoms with Crippen molar-refractivity contribution < 1.29 is 31.9 Å². The van der Waals surface area contributed by atoms with Crippen LogP contribution in [0.25, 0.3) is 0 Å². The zero-order valence-corrected chi connectivity index (χ0v) is 17.1. The molecule has 0 saturated carbocycles. The number of anilines is 2. The van der Waals surface area contributed by atoms with Crippen LogP contribution in [0.15, 0.2) is 48.7 Å². The van der Waals surface area contributed by atoms with Gasteiger partial charge in [0.05, 0.1) is 36.7 Å². The highest BCUT2D eigenvalue weighted by molar-refractivity contribution is 6.13. The first-order valence-corrected chi connectivity index (χ1v) is 9.57. The molecule has 1 unspecified atom stereocenters. The number of alkyl halides is 3. The Morgan fingerprint density at radius 1 is 1.21 bits per heavy atom. The topological polar surface area (TPSA) is 102 Å². The molecule has 1 aliphatic heterocycles. The molecule has 0 spiro atoms. The maximum atomic E-state index is 13.7. The number of nitrogens with two attached hydrogens (primary N) is 1. The lowest BCUT2D eigenvalue weighted by molar-refractivity contribution is -0.137. The smallest absolute Gasteiger partial charge is 0.416 e. The zero-order chi connectivity index (χ0) is 23.9. The van der Waals surface area contributed by atoms with Crippen molar-refractivity contribution in [1.29, 1.82) is 0 Å². The van der Waals surface area contributed by atoms with Crippen LogP contribution in [-0.2, 0) is 6.18 Å². The molecule has 0 aliphatic carbocycles. The van der Waals surface area contributed by atoms with Gasteiger partial charge in [-0.2, -0.15) is 18.3 Å². The molecule has 1 atom stereocenters. The van der Waals surface area contributed by atoms with Crippen LogP contribution >= 0.6 is 0 Å². The van der Waals surface area contributed by atoms with Gasteiger partial charge in [0.15, 0.2) is 5.69 Å². The number of nitrogens with one attached hydrogen (secondary N) is 1. The molecule has 0 bridgehead atoms. The number of carbonyl (C=O) groups is 2. The maximum absolute atomic E-state index is 13.7. The molecule has 3 aromatic rings. The molecular weight excluding hydrogens is 446 g/mol. The first kappa shape index (κ1) is 22.3. The number of methoxy groups -OCH3 is 1. The van der Waals surface area contributed by atoms with Crippen LogP contribution in [0, 0.1) is 5.82 Å². The summed E-state index contributed by atoms with van der Waals surface area (Å²) in [4.78, 5) is 27.1. The van der Waals surface area contributed by atoms with Crippen LogP contribution in [0.5, 0.6) is 5.75 Å². The fraction of sp³-hybridized carbons (Fsp3) is 0.190. The second-order valence-electron chi connectivity index (χ2n) is 7.18. The first-order chi connectivity index (χ1) is 15.6. The molecule has 0 saturated heterocycles. The van der Waals surface area contributed by atoms with Gasteiger partial charge in [-0.05, 0) is 42.5 Å². The third kappa shape index (κ3) is 4.12. The minimum atomic E-state index is -4.52. The number of benzene rings is 2. The van der Waals surface area contributed by atoms with Gasteiger partial charge in [0.2, 0.25) is 0 Å². The Balaban J connectivity index is 1.65. The van der Waals surface area contributed by atoms with E-state index in [2.05, 4.69) is 10.4 Å². The normalized spacial score (nSPS) is 15.9. The van der Waals surface area contributed by atoms with Gasteiger partial charge < -0.3 is 20.7 Å². The van der Waals surface area contributed by atoms with Gasteiger partial charge in [-0.15, -0.1) is 0 Å². The van der Waals surface area contributed by atoms with E-state index in [-0.39, 0.29) is 34.9 Å². The largest absolute Gasteiger partial charge is 0.496 e. The van der Waals surface area contributed by atoms with E-state index in [9.17, 15) is 27.2 Å². The zero-order valence-electron chi connectivity index (χ0n) is 17.1. The lowest BCUT2D eigenvalue weighted by Gasteiger charge is -2.32. The van der Waals surface area contributed by atoms with Crippen molar-refractivity contribution in [2.45, 2.75) is 12.3 Å². The monoisotopic (exact) mass is 463 g/mol. The van der Waals surface area contributed by atoms with E-state index in [0.29, 0.717) is 0 Å². The number of aromatic nitrogens is 2. The average molecular weight is 463 g/mol. The molecule has 172 valence electrons. The number of amides is 2. The highest BCUT2D eigenvalue weighted by atomic mass is 19.4. The minimum Gasteiger partial charge on any atom is -0.496 e. The number of rotatable bonds is 4. The van der Waals surface area contributed by atoms with E-state index in [1.54, 1.807) is 0 Å². The van der Waals surface area contributed by atoms with Gasteiger partial charge in [0, 0.05) is 5.69 Å². The Bertz CT molecular complexity index is 1220. The quantitative estimate of drug-likeness (QED) is 0.578. The molecule has 33 heavy (non-hydrogen) atoms.